The second-order valence-corrected chi connectivity index (χ2v) is 10.5. The molecule has 0 saturated carbocycles. The molecule has 29 heavy (non-hydrogen) atoms. The van der Waals surface area contributed by atoms with E-state index in [1.807, 2.05) is 0 Å². The third kappa shape index (κ3) is 3.85. The molecule has 1 aromatic heterocycles. The molecule has 0 spiro atoms. The van der Waals surface area contributed by atoms with Gasteiger partial charge in [-0.1, -0.05) is 0 Å². The number of anilines is 1. The molecule has 2 aromatic rings. The van der Waals surface area contributed by atoms with E-state index in [-0.39, 0.29) is 21.7 Å². The molecular formula is C16H24N8O3S2. The molecule has 2 unspecified atom stereocenters. The number of hydrogen-bond acceptors (Lipinski definition) is 10. The number of sulfone groups is 1. The van der Waals surface area contributed by atoms with Crippen LogP contribution in [-0.2, 0) is 21.2 Å². The van der Waals surface area contributed by atoms with E-state index in [2.05, 4.69) is 30.8 Å². The molecule has 11 nitrogen and oxygen atoms in total. The smallest absolute Gasteiger partial charge is 0.205 e. The molecule has 13 heteroatoms. The number of rotatable bonds is 5. The second kappa shape index (κ2) is 8.16. The van der Waals surface area contributed by atoms with Crippen molar-refractivity contribution < 1.29 is 13.0 Å². The number of aromatic amines is 1. The maximum absolute atomic E-state index is 13.1. The molecule has 0 aliphatic carbocycles. The summed E-state index contributed by atoms with van der Waals surface area (Å²) in [5.74, 6) is 0.228. The van der Waals surface area contributed by atoms with Gasteiger partial charge in [0.1, 0.15) is 10.5 Å². The second-order valence-electron chi connectivity index (χ2n) is 7.34. The zero-order valence-electron chi connectivity index (χ0n) is 15.7. The standard InChI is InChI=1S/C16H24N8O3S2/c17-10-2-1-6-24(7-5-10)12-3-4-13(29(26,27)11-8-19-9-11)15(28(18)25)14(12)16-20-22-23-21-16/h3-4,10-11,19H,1-2,5-9,17-18H2,(H,20,21,22,23). The van der Waals surface area contributed by atoms with Crippen molar-refractivity contribution in [3.8, 4) is 11.4 Å². The van der Waals surface area contributed by atoms with Crippen molar-refractivity contribution in [1.29, 1.82) is 0 Å². The number of aromatic nitrogens is 4. The molecule has 6 N–H and O–H groups in total. The molecule has 158 valence electrons. The van der Waals surface area contributed by atoms with E-state index in [4.69, 9.17) is 10.9 Å². The number of H-pyrrole nitrogens is 1. The van der Waals surface area contributed by atoms with Crippen LogP contribution in [0.4, 0.5) is 5.69 Å². The van der Waals surface area contributed by atoms with E-state index >= 15 is 0 Å². The molecule has 0 amide bonds. The van der Waals surface area contributed by atoms with Crippen LogP contribution < -0.4 is 21.1 Å². The minimum absolute atomic E-state index is 0.0292. The van der Waals surface area contributed by atoms with Crippen molar-refractivity contribution in [2.45, 2.75) is 40.3 Å². The minimum Gasteiger partial charge on any atom is -0.593 e. The van der Waals surface area contributed by atoms with Gasteiger partial charge >= 0.3 is 0 Å². The summed E-state index contributed by atoms with van der Waals surface area (Å²) in [4.78, 5) is 2.09. The zero-order chi connectivity index (χ0) is 20.6. The molecule has 0 bridgehead atoms. The average Bonchev–Trinajstić information content (AvgIpc) is 3.07. The Morgan fingerprint density at radius 2 is 2.03 bits per heavy atom. The maximum Gasteiger partial charge on any atom is 0.205 e. The quantitative estimate of drug-likeness (QED) is 0.417. The lowest BCUT2D eigenvalue weighted by Crippen LogP contribution is -2.51. The van der Waals surface area contributed by atoms with Gasteiger partial charge < -0.3 is 20.5 Å². The van der Waals surface area contributed by atoms with E-state index in [0.717, 1.165) is 25.8 Å². The van der Waals surface area contributed by atoms with E-state index < -0.39 is 26.4 Å². The van der Waals surface area contributed by atoms with E-state index in [9.17, 15) is 13.0 Å². The lowest BCUT2D eigenvalue weighted by atomic mass is 10.1. The predicted octanol–water partition coefficient (Wildman–Crippen LogP) is -1.09. The summed E-state index contributed by atoms with van der Waals surface area (Å²) in [6.45, 7) is 2.12. The van der Waals surface area contributed by atoms with Crippen LogP contribution in [0.2, 0.25) is 0 Å². The van der Waals surface area contributed by atoms with Crippen molar-refractivity contribution in [3.63, 3.8) is 0 Å². The molecule has 3 heterocycles. The number of hydrogen-bond donors (Lipinski definition) is 4. The summed E-state index contributed by atoms with van der Waals surface area (Å²) in [6.07, 6.45) is 2.60. The first kappa shape index (κ1) is 20.5. The third-order valence-corrected chi connectivity index (χ3v) is 8.61. The summed E-state index contributed by atoms with van der Waals surface area (Å²) in [5, 5.41) is 22.0. The molecule has 2 aliphatic rings. The van der Waals surface area contributed by atoms with Crippen LogP contribution in [0.5, 0.6) is 0 Å². The fraction of sp³-hybridized carbons (Fsp3) is 0.562. The van der Waals surface area contributed by atoms with Gasteiger partial charge in [0.2, 0.25) is 4.90 Å². The van der Waals surface area contributed by atoms with Gasteiger partial charge in [0.25, 0.3) is 0 Å². The van der Waals surface area contributed by atoms with Crippen LogP contribution in [0.25, 0.3) is 11.4 Å². The minimum atomic E-state index is -3.71. The molecule has 2 fully saturated rings. The molecule has 2 aliphatic heterocycles. The van der Waals surface area contributed by atoms with E-state index in [0.29, 0.717) is 30.9 Å². The van der Waals surface area contributed by atoms with Gasteiger partial charge in [0, 0.05) is 32.2 Å². The highest BCUT2D eigenvalue weighted by atomic mass is 32.2. The van der Waals surface area contributed by atoms with E-state index in [1.165, 1.54) is 6.07 Å². The average molecular weight is 441 g/mol. The number of nitrogens with one attached hydrogen (secondary N) is 2. The zero-order valence-corrected chi connectivity index (χ0v) is 17.4. The first-order valence-electron chi connectivity index (χ1n) is 9.42. The number of nitrogens with two attached hydrogens (primary N) is 2. The maximum atomic E-state index is 13.1. The highest BCUT2D eigenvalue weighted by molar-refractivity contribution is 7.94. The Labute approximate surface area is 171 Å². The van der Waals surface area contributed by atoms with Gasteiger partial charge in [-0.2, -0.15) is 0 Å². The van der Waals surface area contributed by atoms with Gasteiger partial charge in [-0.15, -0.1) is 10.2 Å². The Hall–Kier alpha value is -1.77. The van der Waals surface area contributed by atoms with Crippen LogP contribution in [0.3, 0.4) is 0 Å². The van der Waals surface area contributed by atoms with Gasteiger partial charge in [-0.25, -0.2) is 13.5 Å². The normalized spacial score (nSPS) is 22.2. The predicted molar refractivity (Wildman–Crippen MR) is 108 cm³/mol. The van der Waals surface area contributed by atoms with Crippen molar-refractivity contribution in [2.75, 3.05) is 31.1 Å². The molecule has 1 aromatic carbocycles. The van der Waals surface area contributed by atoms with Crippen molar-refractivity contribution in [3.05, 3.63) is 12.1 Å². The Balaban J connectivity index is 1.90. The summed E-state index contributed by atoms with van der Waals surface area (Å²) in [7, 11) is -3.71. The molecule has 2 atom stereocenters. The first-order valence-corrected chi connectivity index (χ1v) is 12.2. The summed E-state index contributed by atoms with van der Waals surface area (Å²) < 4.78 is 38.9. The van der Waals surface area contributed by atoms with Gasteiger partial charge in [-0.3, -0.25) is 0 Å². The van der Waals surface area contributed by atoms with Crippen molar-refractivity contribution >= 4 is 26.9 Å². The van der Waals surface area contributed by atoms with Crippen molar-refractivity contribution in [2.24, 2.45) is 10.9 Å². The lowest BCUT2D eigenvalue weighted by Gasteiger charge is -2.29. The fourth-order valence-electron chi connectivity index (χ4n) is 3.76. The van der Waals surface area contributed by atoms with Crippen LogP contribution in [0.15, 0.2) is 21.9 Å². The van der Waals surface area contributed by atoms with E-state index in [1.54, 1.807) is 6.07 Å². The Morgan fingerprint density at radius 1 is 1.24 bits per heavy atom. The van der Waals surface area contributed by atoms with Crippen molar-refractivity contribution in [1.82, 2.24) is 25.9 Å². The number of tetrazole rings is 1. The van der Waals surface area contributed by atoms with Crippen LogP contribution >= 0.6 is 0 Å². The first-order chi connectivity index (χ1) is 13.9. The van der Waals surface area contributed by atoms with Gasteiger partial charge in [0.05, 0.1) is 22.3 Å². The van der Waals surface area contributed by atoms with Crippen LogP contribution in [0, 0.1) is 0 Å². The monoisotopic (exact) mass is 440 g/mol. The summed E-state index contributed by atoms with van der Waals surface area (Å²) in [6, 6.07) is 3.34. The highest BCUT2D eigenvalue weighted by Gasteiger charge is 2.39. The van der Waals surface area contributed by atoms with Gasteiger partial charge in [-0.05, 0) is 41.8 Å². The molecule has 0 radical (unpaired) electrons. The lowest BCUT2D eigenvalue weighted by molar-refractivity contribution is 0.493. The SMILES string of the molecule is NC1CCCN(c2ccc(S(=O)(=O)C3CNC3)c([S+](N)[O-])c2-c2nnn[nH]2)CC1. The largest absolute Gasteiger partial charge is 0.593 e. The number of benzene rings is 1. The number of nitrogens with zero attached hydrogens (tertiary/aromatic N) is 4. The topological polar surface area (TPSA) is 179 Å². The molecule has 4 rings (SSSR count). The molecular weight excluding hydrogens is 416 g/mol. The van der Waals surface area contributed by atoms with Crippen LogP contribution in [0.1, 0.15) is 19.3 Å². The fourth-order valence-corrected chi connectivity index (χ4v) is 6.67. The van der Waals surface area contributed by atoms with Gasteiger partial charge in [0.15, 0.2) is 15.7 Å². The molecule has 2 saturated heterocycles. The highest BCUT2D eigenvalue weighted by Crippen LogP contribution is 2.40. The summed E-state index contributed by atoms with van der Waals surface area (Å²) >= 11 is -2.07. The Morgan fingerprint density at radius 3 is 2.66 bits per heavy atom. The Bertz CT molecular complexity index is 963. The third-order valence-electron chi connectivity index (χ3n) is 5.49. The van der Waals surface area contributed by atoms with Crippen LogP contribution in [-0.4, -0.2) is 71.1 Å². The summed E-state index contributed by atoms with van der Waals surface area (Å²) in [5.41, 5.74) is 7.16. The Kier molecular flexibility index (Phi) is 5.77.